The molecule has 42 heavy (non-hydrogen) atoms. The highest BCUT2D eigenvalue weighted by Crippen LogP contribution is 2.46. The number of amides is 1. The van der Waals surface area contributed by atoms with Gasteiger partial charge in [-0.2, -0.15) is 4.31 Å². The summed E-state index contributed by atoms with van der Waals surface area (Å²) in [6, 6.07) is 13.9. The van der Waals surface area contributed by atoms with Crippen molar-refractivity contribution in [1.82, 2.24) is 14.5 Å². The van der Waals surface area contributed by atoms with Gasteiger partial charge in [-0.3, -0.25) is 9.59 Å². The molecule has 0 bridgehead atoms. The fourth-order valence-corrected chi connectivity index (χ4v) is 8.56. The minimum atomic E-state index is -3.56. The van der Waals surface area contributed by atoms with E-state index in [1.54, 1.807) is 25.2 Å². The van der Waals surface area contributed by atoms with Gasteiger partial charge in [0.15, 0.2) is 0 Å². The first-order valence-electron chi connectivity index (χ1n) is 14.4. The zero-order valence-corrected chi connectivity index (χ0v) is 26.9. The van der Waals surface area contributed by atoms with Crippen molar-refractivity contribution in [3.8, 4) is 0 Å². The molecule has 2 aromatic rings. The highest BCUT2D eigenvalue weighted by atomic mass is 35.5. The SMILES string of the molecule is CC(C(CCN(C)C)C(c1ccc(Cl)cc1)N(C)S(=O)(=O)C1CC1)[C@@H]1NC(=O)[C@H](CC(=O)O)C[C@@H]1c1cccc(Cl)c1. The van der Waals surface area contributed by atoms with Crippen LogP contribution >= 0.6 is 23.2 Å². The van der Waals surface area contributed by atoms with Crippen molar-refractivity contribution >= 4 is 45.1 Å². The maximum Gasteiger partial charge on any atom is 0.304 e. The Hall–Kier alpha value is -2.17. The smallest absolute Gasteiger partial charge is 0.304 e. The predicted octanol–water partition coefficient (Wildman–Crippen LogP) is 5.43. The van der Waals surface area contributed by atoms with E-state index in [1.807, 2.05) is 44.4 Å². The Bertz CT molecular complexity index is 1370. The zero-order chi connectivity index (χ0) is 30.8. The molecule has 4 rings (SSSR count). The summed E-state index contributed by atoms with van der Waals surface area (Å²) in [5.41, 5.74) is 1.76. The number of nitrogens with zero attached hydrogens (tertiary/aromatic N) is 2. The van der Waals surface area contributed by atoms with Crippen molar-refractivity contribution in [2.24, 2.45) is 17.8 Å². The summed E-state index contributed by atoms with van der Waals surface area (Å²) < 4.78 is 28.9. The Morgan fingerprint density at radius 3 is 2.31 bits per heavy atom. The molecule has 2 aromatic carbocycles. The summed E-state index contributed by atoms with van der Waals surface area (Å²) in [4.78, 5) is 27.0. The number of nitrogens with one attached hydrogen (secondary N) is 1. The summed E-state index contributed by atoms with van der Waals surface area (Å²) in [5.74, 6) is -2.60. The van der Waals surface area contributed by atoms with Crippen LogP contribution in [-0.2, 0) is 19.6 Å². The van der Waals surface area contributed by atoms with Gasteiger partial charge >= 0.3 is 5.97 Å². The molecule has 2 aliphatic rings. The summed E-state index contributed by atoms with van der Waals surface area (Å²) in [7, 11) is 2.07. The minimum Gasteiger partial charge on any atom is -0.481 e. The van der Waals surface area contributed by atoms with E-state index in [2.05, 4.69) is 17.1 Å². The van der Waals surface area contributed by atoms with Gasteiger partial charge < -0.3 is 15.3 Å². The van der Waals surface area contributed by atoms with Crippen LogP contribution in [0.25, 0.3) is 0 Å². The highest BCUT2D eigenvalue weighted by molar-refractivity contribution is 7.90. The van der Waals surface area contributed by atoms with Gasteiger partial charge in [-0.15, -0.1) is 0 Å². The number of rotatable bonds is 13. The first-order chi connectivity index (χ1) is 19.8. The normalized spacial score (nSPS) is 23.4. The molecule has 3 unspecified atom stereocenters. The largest absolute Gasteiger partial charge is 0.481 e. The van der Waals surface area contributed by atoms with E-state index in [-0.39, 0.29) is 41.4 Å². The number of carboxylic acids is 1. The van der Waals surface area contributed by atoms with Gasteiger partial charge in [0, 0.05) is 35.0 Å². The van der Waals surface area contributed by atoms with Gasteiger partial charge in [0.1, 0.15) is 0 Å². The predicted molar refractivity (Wildman–Crippen MR) is 166 cm³/mol. The average Bonchev–Trinajstić information content (AvgIpc) is 3.78. The standard InChI is InChI=1S/C31H41Cl2N3O5S/c1-19(29-27(21-6-5-7-24(33)16-21)17-22(18-28(37)38)31(39)34-29)26(14-15-35(2)3)30(20-8-10-23(32)11-9-20)36(4)42(40,41)25-12-13-25/h5-11,16,19,22,25-27,29-30H,12-15,17-18H2,1-4H3,(H,34,39)(H,37,38)/t19?,22-,26?,27+,29-,30?/m0/s1. The molecule has 1 aliphatic carbocycles. The van der Waals surface area contributed by atoms with Crippen LogP contribution in [0.15, 0.2) is 48.5 Å². The van der Waals surface area contributed by atoms with Gasteiger partial charge in [-0.25, -0.2) is 8.42 Å². The van der Waals surface area contributed by atoms with Crippen LogP contribution in [-0.4, -0.2) is 73.6 Å². The van der Waals surface area contributed by atoms with Gasteiger partial charge in [-0.1, -0.05) is 54.4 Å². The lowest BCUT2D eigenvalue weighted by Gasteiger charge is -2.45. The Kier molecular flexibility index (Phi) is 10.6. The third-order valence-electron chi connectivity index (χ3n) is 8.86. The molecule has 2 N–H and O–H groups in total. The molecule has 1 saturated heterocycles. The minimum absolute atomic E-state index is 0.193. The second-order valence-corrected chi connectivity index (χ2v) is 15.2. The second-order valence-electron chi connectivity index (χ2n) is 12.1. The average molecular weight is 639 g/mol. The zero-order valence-electron chi connectivity index (χ0n) is 24.5. The summed E-state index contributed by atoms with van der Waals surface area (Å²) in [6.45, 7) is 2.78. The molecule has 1 amide bonds. The monoisotopic (exact) mass is 637 g/mol. The number of carboxylic acid groups (broad SMARTS) is 1. The molecule has 0 spiro atoms. The molecule has 1 saturated carbocycles. The van der Waals surface area contributed by atoms with E-state index >= 15 is 0 Å². The van der Waals surface area contributed by atoms with Crippen LogP contribution in [0.4, 0.5) is 0 Å². The Balaban J connectivity index is 1.80. The van der Waals surface area contributed by atoms with Crippen molar-refractivity contribution < 1.29 is 23.1 Å². The van der Waals surface area contributed by atoms with Crippen LogP contribution in [0.5, 0.6) is 0 Å². The Morgan fingerprint density at radius 2 is 1.74 bits per heavy atom. The van der Waals surface area contributed by atoms with Crippen molar-refractivity contribution in [3.05, 3.63) is 69.7 Å². The maximum absolute atomic E-state index is 13.7. The van der Waals surface area contributed by atoms with E-state index < -0.39 is 28.0 Å². The second kappa shape index (κ2) is 13.6. The third kappa shape index (κ3) is 7.66. The van der Waals surface area contributed by atoms with Crippen molar-refractivity contribution in [1.29, 1.82) is 0 Å². The maximum atomic E-state index is 13.7. The van der Waals surface area contributed by atoms with Crippen LogP contribution in [0.3, 0.4) is 0 Å². The fourth-order valence-electron chi connectivity index (χ4n) is 6.44. The van der Waals surface area contributed by atoms with Crippen LogP contribution < -0.4 is 5.32 Å². The number of hydrogen-bond donors (Lipinski definition) is 2. The number of hydrogen-bond acceptors (Lipinski definition) is 5. The molecule has 0 radical (unpaired) electrons. The lowest BCUT2D eigenvalue weighted by Crippen LogP contribution is -2.54. The van der Waals surface area contributed by atoms with E-state index in [1.165, 1.54) is 4.31 Å². The topological polar surface area (TPSA) is 107 Å². The van der Waals surface area contributed by atoms with Crippen LogP contribution in [0, 0.1) is 17.8 Å². The molecule has 230 valence electrons. The molecule has 1 aliphatic heterocycles. The molecule has 6 atom stereocenters. The number of halogens is 2. The Labute approximate surface area is 259 Å². The highest BCUT2D eigenvalue weighted by Gasteiger charge is 2.47. The first kappa shape index (κ1) is 32.7. The van der Waals surface area contributed by atoms with E-state index in [9.17, 15) is 23.1 Å². The van der Waals surface area contributed by atoms with Crippen LogP contribution in [0.2, 0.25) is 10.0 Å². The number of sulfonamides is 1. The van der Waals surface area contributed by atoms with Crippen LogP contribution in [0.1, 0.15) is 62.1 Å². The number of piperidine rings is 1. The molecule has 8 nitrogen and oxygen atoms in total. The summed E-state index contributed by atoms with van der Waals surface area (Å²) in [6.07, 6.45) is 2.07. The van der Waals surface area contributed by atoms with E-state index in [0.717, 1.165) is 11.1 Å². The Morgan fingerprint density at radius 1 is 1.07 bits per heavy atom. The van der Waals surface area contributed by atoms with Crippen molar-refractivity contribution in [2.45, 2.75) is 62.3 Å². The fraction of sp³-hybridized carbons (Fsp3) is 0.548. The van der Waals surface area contributed by atoms with Gasteiger partial charge in [-0.05, 0) is 93.6 Å². The number of carbonyl (C=O) groups excluding carboxylic acids is 1. The first-order valence-corrected chi connectivity index (χ1v) is 16.7. The van der Waals surface area contributed by atoms with E-state index in [0.29, 0.717) is 42.3 Å². The van der Waals surface area contributed by atoms with Gasteiger partial charge in [0.05, 0.1) is 17.7 Å². The number of carbonyl (C=O) groups is 2. The van der Waals surface area contributed by atoms with Gasteiger partial charge in [0.2, 0.25) is 15.9 Å². The molecule has 11 heteroatoms. The summed E-state index contributed by atoms with van der Waals surface area (Å²) >= 11 is 12.6. The third-order valence-corrected chi connectivity index (χ3v) is 11.7. The number of aliphatic carboxylic acids is 1. The molecule has 0 aromatic heterocycles. The van der Waals surface area contributed by atoms with Gasteiger partial charge in [0.25, 0.3) is 0 Å². The van der Waals surface area contributed by atoms with Crippen molar-refractivity contribution in [2.75, 3.05) is 27.7 Å². The lowest BCUT2D eigenvalue weighted by atomic mass is 9.68. The molecule has 2 fully saturated rings. The molecule has 1 heterocycles. The molecular formula is C31H41Cl2N3O5S. The number of benzene rings is 2. The summed E-state index contributed by atoms with van der Waals surface area (Å²) in [5, 5.41) is 13.4. The van der Waals surface area contributed by atoms with Crippen molar-refractivity contribution in [3.63, 3.8) is 0 Å². The quantitative estimate of drug-likeness (QED) is 0.303. The van der Waals surface area contributed by atoms with E-state index in [4.69, 9.17) is 23.2 Å². The lowest BCUT2D eigenvalue weighted by molar-refractivity contribution is -0.142. The molecular weight excluding hydrogens is 597 g/mol.